The van der Waals surface area contributed by atoms with Gasteiger partial charge in [0, 0.05) is 6.42 Å². The maximum atomic E-state index is 10.4. The fourth-order valence-corrected chi connectivity index (χ4v) is 1.34. The van der Waals surface area contributed by atoms with E-state index in [1.165, 1.54) is 0 Å². The Morgan fingerprint density at radius 1 is 1.47 bits per heavy atom. The summed E-state index contributed by atoms with van der Waals surface area (Å²) in [6.07, 6.45) is 0.596. The molecular formula is C11H15NO3. The van der Waals surface area contributed by atoms with Crippen LogP contribution < -0.4 is 5.73 Å². The molecule has 0 saturated carbocycles. The molecule has 1 rings (SSSR count). The van der Waals surface area contributed by atoms with E-state index in [9.17, 15) is 4.79 Å². The maximum absolute atomic E-state index is 10.4. The number of nitrogens with two attached hydrogens (primary N) is 1. The normalized spacial score (nSPS) is 12.4. The molecule has 0 aliphatic heterocycles. The Balaban J connectivity index is 2.69. The molecule has 82 valence electrons. The molecule has 1 atom stereocenters. The zero-order chi connectivity index (χ0) is 11.3. The molecule has 0 saturated heterocycles. The van der Waals surface area contributed by atoms with Gasteiger partial charge in [-0.25, -0.2) is 0 Å². The third-order valence-corrected chi connectivity index (χ3v) is 2.20. The number of aliphatic carboxylic acids is 1. The van der Waals surface area contributed by atoms with Gasteiger partial charge in [0.2, 0.25) is 0 Å². The van der Waals surface area contributed by atoms with Gasteiger partial charge >= 0.3 is 5.97 Å². The Morgan fingerprint density at radius 3 is 2.80 bits per heavy atom. The van der Waals surface area contributed by atoms with E-state index >= 15 is 0 Å². The Labute approximate surface area is 88.3 Å². The Bertz CT molecular complexity index is 338. The van der Waals surface area contributed by atoms with Crippen LogP contribution >= 0.6 is 0 Å². The monoisotopic (exact) mass is 209 g/mol. The first-order chi connectivity index (χ1) is 7.13. The predicted molar refractivity (Wildman–Crippen MR) is 56.4 cm³/mol. The summed E-state index contributed by atoms with van der Waals surface area (Å²) in [5, 5.41) is 17.4. The lowest BCUT2D eigenvalue weighted by atomic mass is 10.0. The van der Waals surface area contributed by atoms with Gasteiger partial charge in [0.05, 0.1) is 12.6 Å². The van der Waals surface area contributed by atoms with Gasteiger partial charge in [-0.3, -0.25) is 4.79 Å². The highest BCUT2D eigenvalue weighted by atomic mass is 16.4. The molecule has 0 amide bonds. The molecule has 1 aromatic rings. The molecule has 0 aliphatic rings. The van der Waals surface area contributed by atoms with Crippen LogP contribution in [0.1, 0.15) is 23.6 Å². The standard InChI is InChI=1S/C11H15NO3/c12-10(7-13)9-3-1-2-8(6-9)4-5-11(14)15/h1-3,6,10,13H,4-5,7,12H2,(H,14,15)/t10-/m1/s1. The summed E-state index contributed by atoms with van der Waals surface area (Å²) >= 11 is 0. The number of carboxylic acid groups (broad SMARTS) is 1. The summed E-state index contributed by atoms with van der Waals surface area (Å²) in [6.45, 7) is -0.109. The van der Waals surface area contributed by atoms with Gasteiger partial charge in [-0.1, -0.05) is 24.3 Å². The first-order valence-corrected chi connectivity index (χ1v) is 4.80. The lowest BCUT2D eigenvalue weighted by Crippen LogP contribution is -2.14. The second kappa shape index (κ2) is 5.48. The second-order valence-corrected chi connectivity index (χ2v) is 3.43. The lowest BCUT2D eigenvalue weighted by molar-refractivity contribution is -0.136. The van der Waals surface area contributed by atoms with Gasteiger partial charge < -0.3 is 15.9 Å². The fourth-order valence-electron chi connectivity index (χ4n) is 1.34. The SMILES string of the molecule is N[C@H](CO)c1cccc(CCC(=O)O)c1. The highest BCUT2D eigenvalue weighted by Crippen LogP contribution is 2.13. The quantitative estimate of drug-likeness (QED) is 0.666. The number of aliphatic hydroxyl groups is 1. The van der Waals surface area contributed by atoms with Crippen LogP contribution in [0.5, 0.6) is 0 Å². The third-order valence-electron chi connectivity index (χ3n) is 2.20. The number of rotatable bonds is 5. The Morgan fingerprint density at radius 2 is 2.20 bits per heavy atom. The topological polar surface area (TPSA) is 83.5 Å². The Hall–Kier alpha value is -1.39. The molecule has 1 aromatic carbocycles. The van der Waals surface area contributed by atoms with E-state index in [1.807, 2.05) is 24.3 Å². The van der Waals surface area contributed by atoms with E-state index in [0.717, 1.165) is 11.1 Å². The highest BCUT2D eigenvalue weighted by Gasteiger charge is 2.05. The van der Waals surface area contributed by atoms with E-state index in [1.54, 1.807) is 0 Å². The molecule has 0 fully saturated rings. The van der Waals surface area contributed by atoms with Crippen molar-refractivity contribution in [3.63, 3.8) is 0 Å². The number of carbonyl (C=O) groups is 1. The minimum Gasteiger partial charge on any atom is -0.481 e. The van der Waals surface area contributed by atoms with Crippen LogP contribution in [-0.2, 0) is 11.2 Å². The summed E-state index contributed by atoms with van der Waals surface area (Å²) in [6, 6.07) is 6.95. The molecule has 0 radical (unpaired) electrons. The summed E-state index contributed by atoms with van der Waals surface area (Å²) in [5.74, 6) is -0.813. The van der Waals surface area contributed by atoms with Crippen molar-refractivity contribution in [2.75, 3.05) is 6.61 Å². The molecule has 4 heteroatoms. The van der Waals surface area contributed by atoms with Crippen molar-refractivity contribution in [2.24, 2.45) is 5.73 Å². The van der Waals surface area contributed by atoms with E-state index in [0.29, 0.717) is 6.42 Å². The van der Waals surface area contributed by atoms with Crippen LogP contribution in [0.25, 0.3) is 0 Å². The number of carboxylic acids is 1. The molecule has 0 aliphatic carbocycles. The van der Waals surface area contributed by atoms with Crippen molar-refractivity contribution in [1.82, 2.24) is 0 Å². The summed E-state index contributed by atoms with van der Waals surface area (Å²) in [7, 11) is 0. The second-order valence-electron chi connectivity index (χ2n) is 3.43. The van der Waals surface area contributed by atoms with Gasteiger partial charge in [0.1, 0.15) is 0 Å². The van der Waals surface area contributed by atoms with Crippen molar-refractivity contribution < 1.29 is 15.0 Å². The minimum atomic E-state index is -0.813. The zero-order valence-corrected chi connectivity index (χ0v) is 8.39. The van der Waals surface area contributed by atoms with Crippen molar-refractivity contribution in [1.29, 1.82) is 0 Å². The number of benzene rings is 1. The number of aryl methyl sites for hydroxylation is 1. The van der Waals surface area contributed by atoms with Crippen LogP contribution in [0.4, 0.5) is 0 Å². The molecule has 4 nitrogen and oxygen atoms in total. The average molecular weight is 209 g/mol. The van der Waals surface area contributed by atoms with Gasteiger partial charge in [0.15, 0.2) is 0 Å². The molecule has 0 unspecified atom stereocenters. The summed E-state index contributed by atoms with van der Waals surface area (Å²) in [5.41, 5.74) is 7.42. The maximum Gasteiger partial charge on any atom is 0.303 e. The molecule has 15 heavy (non-hydrogen) atoms. The molecule has 0 heterocycles. The van der Waals surface area contributed by atoms with Gasteiger partial charge in [-0.2, -0.15) is 0 Å². The Kier molecular flexibility index (Phi) is 4.27. The lowest BCUT2D eigenvalue weighted by Gasteiger charge is -2.09. The smallest absolute Gasteiger partial charge is 0.303 e. The molecule has 4 N–H and O–H groups in total. The number of aliphatic hydroxyl groups excluding tert-OH is 1. The van der Waals surface area contributed by atoms with Gasteiger partial charge in [0.25, 0.3) is 0 Å². The molecule has 0 aromatic heterocycles. The van der Waals surface area contributed by atoms with Crippen LogP contribution in [0.15, 0.2) is 24.3 Å². The van der Waals surface area contributed by atoms with Gasteiger partial charge in [-0.05, 0) is 17.5 Å². The average Bonchev–Trinajstić information content (AvgIpc) is 2.25. The summed E-state index contributed by atoms with van der Waals surface area (Å²) < 4.78 is 0. The van der Waals surface area contributed by atoms with E-state index < -0.39 is 12.0 Å². The van der Waals surface area contributed by atoms with E-state index in [4.69, 9.17) is 15.9 Å². The minimum absolute atomic E-state index is 0.109. The van der Waals surface area contributed by atoms with Crippen LogP contribution in [0, 0.1) is 0 Å². The van der Waals surface area contributed by atoms with Crippen molar-refractivity contribution >= 4 is 5.97 Å². The fraction of sp³-hybridized carbons (Fsp3) is 0.364. The molecular weight excluding hydrogens is 194 g/mol. The number of hydrogen-bond acceptors (Lipinski definition) is 3. The summed E-state index contributed by atoms with van der Waals surface area (Å²) in [4.78, 5) is 10.4. The van der Waals surface area contributed by atoms with Crippen LogP contribution in [0.3, 0.4) is 0 Å². The molecule has 0 bridgehead atoms. The zero-order valence-electron chi connectivity index (χ0n) is 8.39. The van der Waals surface area contributed by atoms with E-state index in [-0.39, 0.29) is 13.0 Å². The number of hydrogen-bond donors (Lipinski definition) is 3. The van der Waals surface area contributed by atoms with Crippen LogP contribution in [0.2, 0.25) is 0 Å². The first-order valence-electron chi connectivity index (χ1n) is 4.80. The highest BCUT2D eigenvalue weighted by molar-refractivity contribution is 5.67. The van der Waals surface area contributed by atoms with Crippen molar-refractivity contribution in [3.8, 4) is 0 Å². The van der Waals surface area contributed by atoms with E-state index in [2.05, 4.69) is 0 Å². The van der Waals surface area contributed by atoms with Gasteiger partial charge in [-0.15, -0.1) is 0 Å². The third kappa shape index (κ3) is 3.69. The van der Waals surface area contributed by atoms with Crippen LogP contribution in [-0.4, -0.2) is 22.8 Å². The van der Waals surface area contributed by atoms with Crippen molar-refractivity contribution in [3.05, 3.63) is 35.4 Å². The molecule has 0 spiro atoms. The largest absolute Gasteiger partial charge is 0.481 e. The predicted octanol–water partition coefficient (Wildman–Crippen LogP) is 0.696. The van der Waals surface area contributed by atoms with Crippen molar-refractivity contribution in [2.45, 2.75) is 18.9 Å². The first kappa shape index (κ1) is 11.7.